The van der Waals surface area contributed by atoms with Crippen molar-refractivity contribution in [2.75, 3.05) is 6.54 Å². The number of benzene rings is 1. The molecule has 17 heavy (non-hydrogen) atoms. The maximum Gasteiger partial charge on any atom is 0.416 e. The van der Waals surface area contributed by atoms with Crippen LogP contribution in [0.25, 0.3) is 0 Å². The molecule has 2 bridgehead atoms. The fraction of sp³-hybridized carbons (Fsp3) is 0.500. The lowest BCUT2D eigenvalue weighted by molar-refractivity contribution is -0.137. The SMILES string of the molecule is FC(F)(F)c1ccc2c(c1)OC1CCNC2C1. The summed E-state index contributed by atoms with van der Waals surface area (Å²) in [5.41, 5.74) is 0.199. The first-order valence-corrected chi connectivity index (χ1v) is 5.65. The van der Waals surface area contributed by atoms with Gasteiger partial charge in [-0.15, -0.1) is 0 Å². The van der Waals surface area contributed by atoms with Crippen molar-refractivity contribution in [3.63, 3.8) is 0 Å². The molecule has 2 unspecified atom stereocenters. The van der Waals surface area contributed by atoms with E-state index < -0.39 is 11.7 Å². The standard InChI is InChI=1S/C12H12F3NO/c13-12(14,15)7-1-2-9-10-6-8(3-4-16-10)17-11(9)5-7/h1-2,5,8,10,16H,3-4,6H2. The normalized spacial score (nSPS) is 27.2. The summed E-state index contributed by atoms with van der Waals surface area (Å²) in [7, 11) is 0. The second-order valence-electron chi connectivity index (χ2n) is 4.52. The van der Waals surface area contributed by atoms with Crippen molar-refractivity contribution in [3.8, 4) is 5.75 Å². The molecule has 0 saturated carbocycles. The minimum Gasteiger partial charge on any atom is -0.490 e. The van der Waals surface area contributed by atoms with Gasteiger partial charge in [-0.1, -0.05) is 6.07 Å². The minimum absolute atomic E-state index is 0.0530. The molecule has 0 spiro atoms. The summed E-state index contributed by atoms with van der Waals surface area (Å²) in [6, 6.07) is 3.90. The van der Waals surface area contributed by atoms with E-state index in [4.69, 9.17) is 4.74 Å². The highest BCUT2D eigenvalue weighted by molar-refractivity contribution is 5.42. The molecule has 2 nitrogen and oxygen atoms in total. The number of hydrogen-bond donors (Lipinski definition) is 1. The maximum absolute atomic E-state index is 12.6. The Bertz CT molecular complexity index is 444. The van der Waals surface area contributed by atoms with Crippen LogP contribution in [0.3, 0.4) is 0 Å². The van der Waals surface area contributed by atoms with Crippen molar-refractivity contribution in [2.24, 2.45) is 0 Å². The van der Waals surface area contributed by atoms with Gasteiger partial charge in [0, 0.05) is 18.0 Å². The Morgan fingerprint density at radius 3 is 2.88 bits per heavy atom. The minimum atomic E-state index is -4.31. The van der Waals surface area contributed by atoms with E-state index in [2.05, 4.69) is 5.32 Å². The van der Waals surface area contributed by atoms with Crippen LogP contribution in [-0.4, -0.2) is 12.6 Å². The predicted molar refractivity (Wildman–Crippen MR) is 55.8 cm³/mol. The molecule has 1 fully saturated rings. The number of ether oxygens (including phenoxy) is 1. The maximum atomic E-state index is 12.6. The summed E-state index contributed by atoms with van der Waals surface area (Å²) in [6.45, 7) is 0.857. The van der Waals surface area contributed by atoms with Gasteiger partial charge >= 0.3 is 6.18 Å². The molecule has 2 aliphatic heterocycles. The zero-order chi connectivity index (χ0) is 12.0. The number of piperidine rings is 1. The Morgan fingerprint density at radius 2 is 2.12 bits per heavy atom. The second kappa shape index (κ2) is 3.63. The highest BCUT2D eigenvalue weighted by Crippen LogP contribution is 2.41. The van der Waals surface area contributed by atoms with Crippen LogP contribution < -0.4 is 10.1 Å². The zero-order valence-electron chi connectivity index (χ0n) is 9.05. The lowest BCUT2D eigenvalue weighted by Crippen LogP contribution is -2.40. The van der Waals surface area contributed by atoms with Gasteiger partial charge in [0.2, 0.25) is 0 Å². The molecule has 1 aromatic carbocycles. The summed E-state index contributed by atoms with van der Waals surface area (Å²) in [5.74, 6) is 0.383. The summed E-state index contributed by atoms with van der Waals surface area (Å²) in [6.07, 6.45) is -2.56. The Hall–Kier alpha value is -1.23. The van der Waals surface area contributed by atoms with Gasteiger partial charge in [-0.05, 0) is 25.1 Å². The molecule has 0 radical (unpaired) electrons. The van der Waals surface area contributed by atoms with E-state index in [1.54, 1.807) is 0 Å². The number of rotatable bonds is 0. The molecule has 1 N–H and O–H groups in total. The van der Waals surface area contributed by atoms with E-state index in [1.165, 1.54) is 6.07 Å². The first-order chi connectivity index (χ1) is 8.04. The topological polar surface area (TPSA) is 21.3 Å². The Morgan fingerprint density at radius 1 is 1.29 bits per heavy atom. The van der Waals surface area contributed by atoms with Crippen molar-refractivity contribution < 1.29 is 17.9 Å². The zero-order valence-corrected chi connectivity index (χ0v) is 9.05. The molecule has 92 valence electrons. The van der Waals surface area contributed by atoms with Crippen LogP contribution in [-0.2, 0) is 6.18 Å². The molecule has 5 heteroatoms. The van der Waals surface area contributed by atoms with E-state index in [-0.39, 0.29) is 12.1 Å². The quantitative estimate of drug-likeness (QED) is 0.756. The molecule has 1 aromatic rings. The molecule has 1 saturated heterocycles. The van der Waals surface area contributed by atoms with E-state index in [1.807, 2.05) is 0 Å². The summed E-state index contributed by atoms with van der Waals surface area (Å²) in [5, 5.41) is 3.30. The predicted octanol–water partition coefficient (Wildman–Crippen LogP) is 2.89. The molecule has 2 atom stereocenters. The molecular weight excluding hydrogens is 231 g/mol. The fourth-order valence-electron chi connectivity index (χ4n) is 2.51. The van der Waals surface area contributed by atoms with Crippen LogP contribution in [0.1, 0.15) is 30.0 Å². The van der Waals surface area contributed by atoms with Crippen molar-refractivity contribution in [1.82, 2.24) is 5.32 Å². The largest absolute Gasteiger partial charge is 0.490 e. The van der Waals surface area contributed by atoms with Crippen molar-refractivity contribution >= 4 is 0 Å². The number of fused-ring (bicyclic) bond motifs is 4. The van der Waals surface area contributed by atoms with Crippen LogP contribution in [0.5, 0.6) is 5.75 Å². The van der Waals surface area contributed by atoms with E-state index in [9.17, 15) is 13.2 Å². The lowest BCUT2D eigenvalue weighted by Gasteiger charge is -2.37. The van der Waals surface area contributed by atoms with Gasteiger partial charge in [-0.25, -0.2) is 0 Å². The third-order valence-corrected chi connectivity index (χ3v) is 3.37. The van der Waals surface area contributed by atoms with Crippen LogP contribution in [0.4, 0.5) is 13.2 Å². The molecule has 0 amide bonds. The monoisotopic (exact) mass is 243 g/mol. The Kier molecular flexibility index (Phi) is 2.33. The van der Waals surface area contributed by atoms with E-state index in [0.29, 0.717) is 5.75 Å². The van der Waals surface area contributed by atoms with Crippen LogP contribution in [0.15, 0.2) is 18.2 Å². The van der Waals surface area contributed by atoms with Gasteiger partial charge in [-0.3, -0.25) is 0 Å². The lowest BCUT2D eigenvalue weighted by atomic mass is 9.91. The number of alkyl halides is 3. The summed E-state index contributed by atoms with van der Waals surface area (Å²) >= 11 is 0. The second-order valence-corrected chi connectivity index (χ2v) is 4.52. The highest BCUT2D eigenvalue weighted by Gasteiger charge is 2.35. The number of nitrogens with one attached hydrogen (secondary N) is 1. The van der Waals surface area contributed by atoms with Gasteiger partial charge < -0.3 is 10.1 Å². The number of hydrogen-bond acceptors (Lipinski definition) is 2. The number of halogens is 3. The molecule has 2 heterocycles. The first kappa shape index (κ1) is 10.9. The molecule has 0 aromatic heterocycles. The first-order valence-electron chi connectivity index (χ1n) is 5.65. The average molecular weight is 243 g/mol. The van der Waals surface area contributed by atoms with E-state index >= 15 is 0 Å². The summed E-state index contributed by atoms with van der Waals surface area (Å²) < 4.78 is 43.3. The van der Waals surface area contributed by atoms with Crippen molar-refractivity contribution in [1.29, 1.82) is 0 Å². The van der Waals surface area contributed by atoms with Gasteiger partial charge in [0.25, 0.3) is 0 Å². The van der Waals surface area contributed by atoms with Gasteiger partial charge in [0.15, 0.2) is 0 Å². The van der Waals surface area contributed by atoms with Gasteiger partial charge in [0.1, 0.15) is 11.9 Å². The van der Waals surface area contributed by atoms with Crippen LogP contribution in [0, 0.1) is 0 Å². The Balaban J connectivity index is 2.01. The van der Waals surface area contributed by atoms with Crippen LogP contribution in [0.2, 0.25) is 0 Å². The van der Waals surface area contributed by atoms with Crippen molar-refractivity contribution in [3.05, 3.63) is 29.3 Å². The smallest absolute Gasteiger partial charge is 0.416 e. The molecule has 3 rings (SSSR count). The third kappa shape index (κ3) is 1.88. The highest BCUT2D eigenvalue weighted by atomic mass is 19.4. The van der Waals surface area contributed by atoms with Gasteiger partial charge in [-0.2, -0.15) is 13.2 Å². The van der Waals surface area contributed by atoms with E-state index in [0.717, 1.165) is 37.1 Å². The summed E-state index contributed by atoms with van der Waals surface area (Å²) in [4.78, 5) is 0. The average Bonchev–Trinajstić information content (AvgIpc) is 2.27. The molecule has 2 aliphatic rings. The van der Waals surface area contributed by atoms with Gasteiger partial charge in [0.05, 0.1) is 5.56 Å². The Labute approximate surface area is 96.8 Å². The van der Waals surface area contributed by atoms with Crippen LogP contribution >= 0.6 is 0 Å². The fourth-order valence-corrected chi connectivity index (χ4v) is 2.51. The third-order valence-electron chi connectivity index (χ3n) is 3.37. The molecule has 0 aliphatic carbocycles. The molecular formula is C12H12F3NO. The van der Waals surface area contributed by atoms with Crippen molar-refractivity contribution in [2.45, 2.75) is 31.2 Å².